The van der Waals surface area contributed by atoms with Crippen LogP contribution in [0.1, 0.15) is 65.0 Å². The van der Waals surface area contributed by atoms with E-state index in [4.69, 9.17) is 19.9 Å². The van der Waals surface area contributed by atoms with E-state index in [9.17, 15) is 18.8 Å². The van der Waals surface area contributed by atoms with E-state index in [-0.39, 0.29) is 25.3 Å². The normalized spacial score (nSPS) is 19.5. The van der Waals surface area contributed by atoms with Crippen molar-refractivity contribution in [3.63, 3.8) is 0 Å². The summed E-state index contributed by atoms with van der Waals surface area (Å²) >= 11 is 0. The predicted octanol–water partition coefficient (Wildman–Crippen LogP) is 2.12. The fourth-order valence-electron chi connectivity index (χ4n) is 3.02. The van der Waals surface area contributed by atoms with Gasteiger partial charge in [-0.1, -0.05) is 46.0 Å². The number of unbranched alkanes of at least 4 members (excludes halogenated alkanes) is 4. The van der Waals surface area contributed by atoms with E-state index in [1.165, 1.54) is 44.4 Å². The van der Waals surface area contributed by atoms with Crippen molar-refractivity contribution < 1.29 is 28.2 Å². The fourth-order valence-corrected chi connectivity index (χ4v) is 3.02. The number of alkyl halides is 1. The van der Waals surface area contributed by atoms with Gasteiger partial charge in [0.25, 0.3) is 0 Å². The molecule has 3 unspecified atom stereocenters. The first kappa shape index (κ1) is 28.5. The fraction of sp³-hybridized carbons (Fsp3) is 0.727. The lowest BCUT2D eigenvalue weighted by atomic mass is 10.2. The van der Waals surface area contributed by atoms with E-state index in [0.29, 0.717) is 6.54 Å². The molecule has 2 heterocycles. The topological polar surface area (TPSA) is 135 Å². The van der Waals surface area contributed by atoms with Crippen molar-refractivity contribution in [2.45, 2.75) is 77.3 Å². The van der Waals surface area contributed by atoms with Crippen LogP contribution in [0.3, 0.4) is 0 Å². The van der Waals surface area contributed by atoms with Gasteiger partial charge in [-0.05, 0) is 13.1 Å². The molecule has 3 atom stereocenters. The molecule has 0 aliphatic carbocycles. The number of nitrogen functional groups attached to an aromatic ring is 1. The Labute approximate surface area is 194 Å². The number of rotatable bonds is 12. The van der Waals surface area contributed by atoms with Crippen LogP contribution in [0.4, 0.5) is 10.2 Å². The second kappa shape index (κ2) is 16.1. The molecule has 0 saturated carbocycles. The van der Waals surface area contributed by atoms with Gasteiger partial charge >= 0.3 is 17.6 Å². The van der Waals surface area contributed by atoms with Gasteiger partial charge in [0.2, 0.25) is 0 Å². The van der Waals surface area contributed by atoms with Gasteiger partial charge in [0.05, 0.1) is 12.5 Å². The second-order valence-corrected chi connectivity index (χ2v) is 7.70. The number of nitrogens with zero attached hydrogens (tertiary/aromatic N) is 2. The van der Waals surface area contributed by atoms with Gasteiger partial charge in [-0.3, -0.25) is 9.36 Å². The standard InChI is InChI=1S/C15H21FN4O6.C7H16/c1-18-4-2-12(21)25-8-13(22)24-7-9-6-10(16)14(26-9)20-5-3-11(17)19-15(20)23;1-3-5-7-6-4-2/h3,5,9-10,14,18H,2,4,6-8H2,1H3,(H2,17,19,23);3-7H2,1-2H3. The largest absolute Gasteiger partial charge is 0.460 e. The molecular formula is C22H37FN4O6. The summed E-state index contributed by atoms with van der Waals surface area (Å²) in [5.74, 6) is -1.28. The van der Waals surface area contributed by atoms with Gasteiger partial charge in [0.15, 0.2) is 12.8 Å². The van der Waals surface area contributed by atoms with E-state index in [0.717, 1.165) is 4.57 Å². The number of anilines is 1. The first-order chi connectivity index (χ1) is 15.8. The smallest absolute Gasteiger partial charge is 0.351 e. The maximum atomic E-state index is 14.1. The SMILES string of the molecule is CCCCCCC.CNCCC(=O)OCC(=O)OCC1CC(F)C(n2ccc(N)nc2=O)O1. The number of carbonyl (C=O) groups excluding carboxylic acids is 2. The molecule has 11 heteroatoms. The van der Waals surface area contributed by atoms with Crippen LogP contribution in [0.2, 0.25) is 0 Å². The van der Waals surface area contributed by atoms with Crippen LogP contribution >= 0.6 is 0 Å². The third-order valence-corrected chi connectivity index (χ3v) is 4.82. The molecule has 1 saturated heterocycles. The number of nitrogens with one attached hydrogen (secondary N) is 1. The number of ether oxygens (including phenoxy) is 3. The van der Waals surface area contributed by atoms with E-state index in [1.807, 2.05) is 0 Å². The maximum absolute atomic E-state index is 14.1. The Kier molecular flexibility index (Phi) is 13.9. The highest BCUT2D eigenvalue weighted by Crippen LogP contribution is 2.30. The highest BCUT2D eigenvalue weighted by Gasteiger charge is 2.38. The molecule has 0 spiro atoms. The lowest BCUT2D eigenvalue weighted by Gasteiger charge is -2.16. The molecule has 33 heavy (non-hydrogen) atoms. The van der Waals surface area contributed by atoms with Crippen LogP contribution in [0.25, 0.3) is 0 Å². The molecule has 1 aliphatic rings. The average molecular weight is 473 g/mol. The van der Waals surface area contributed by atoms with Gasteiger partial charge in [-0.15, -0.1) is 0 Å². The third kappa shape index (κ3) is 11.2. The van der Waals surface area contributed by atoms with Crippen molar-refractivity contribution in [1.82, 2.24) is 14.9 Å². The lowest BCUT2D eigenvalue weighted by Crippen LogP contribution is -2.30. The van der Waals surface area contributed by atoms with Gasteiger partial charge in [-0.2, -0.15) is 4.98 Å². The van der Waals surface area contributed by atoms with Crippen LogP contribution in [0.15, 0.2) is 17.1 Å². The van der Waals surface area contributed by atoms with Crippen LogP contribution in [-0.2, 0) is 23.8 Å². The molecule has 1 aromatic heterocycles. The van der Waals surface area contributed by atoms with E-state index in [2.05, 4.69) is 24.1 Å². The average Bonchev–Trinajstić information content (AvgIpc) is 3.16. The predicted molar refractivity (Wildman–Crippen MR) is 121 cm³/mol. The number of nitrogens with two attached hydrogens (primary N) is 1. The number of carbonyl (C=O) groups is 2. The molecule has 1 aromatic rings. The summed E-state index contributed by atoms with van der Waals surface area (Å²) < 4.78 is 30.2. The Morgan fingerprint density at radius 2 is 1.94 bits per heavy atom. The number of esters is 2. The van der Waals surface area contributed by atoms with Gasteiger partial charge in [-0.25, -0.2) is 14.0 Å². The van der Waals surface area contributed by atoms with Gasteiger partial charge < -0.3 is 25.3 Å². The number of aromatic nitrogens is 2. The monoisotopic (exact) mass is 472 g/mol. The molecule has 0 bridgehead atoms. The van der Waals surface area contributed by atoms with Gasteiger partial charge in [0, 0.05) is 19.2 Å². The summed E-state index contributed by atoms with van der Waals surface area (Å²) in [4.78, 5) is 38.1. The van der Waals surface area contributed by atoms with Crippen LogP contribution < -0.4 is 16.7 Å². The third-order valence-electron chi connectivity index (χ3n) is 4.82. The summed E-state index contributed by atoms with van der Waals surface area (Å²) in [7, 11) is 1.68. The minimum Gasteiger partial charge on any atom is -0.460 e. The summed E-state index contributed by atoms with van der Waals surface area (Å²) in [5.41, 5.74) is 4.66. The zero-order valence-corrected chi connectivity index (χ0v) is 19.8. The Morgan fingerprint density at radius 3 is 2.55 bits per heavy atom. The first-order valence-electron chi connectivity index (χ1n) is 11.4. The van der Waals surface area contributed by atoms with Crippen molar-refractivity contribution in [2.24, 2.45) is 0 Å². The Morgan fingerprint density at radius 1 is 1.24 bits per heavy atom. The van der Waals surface area contributed by atoms with Crippen molar-refractivity contribution in [3.8, 4) is 0 Å². The summed E-state index contributed by atoms with van der Waals surface area (Å²) in [6, 6.07) is 1.35. The molecule has 0 aromatic carbocycles. The van der Waals surface area contributed by atoms with E-state index in [1.54, 1.807) is 7.05 Å². The molecule has 0 amide bonds. The summed E-state index contributed by atoms with van der Waals surface area (Å²) in [5, 5.41) is 2.77. The highest BCUT2D eigenvalue weighted by atomic mass is 19.1. The molecular weight excluding hydrogens is 435 g/mol. The number of hydrogen-bond donors (Lipinski definition) is 2. The summed E-state index contributed by atoms with van der Waals surface area (Å²) in [6.07, 6.45) is 5.00. The van der Waals surface area contributed by atoms with E-state index < -0.39 is 42.7 Å². The van der Waals surface area contributed by atoms with Crippen LogP contribution in [0, 0.1) is 0 Å². The quantitative estimate of drug-likeness (QED) is 0.346. The molecule has 3 N–H and O–H groups in total. The molecule has 10 nitrogen and oxygen atoms in total. The van der Waals surface area contributed by atoms with Crippen molar-refractivity contribution in [1.29, 1.82) is 0 Å². The zero-order valence-electron chi connectivity index (χ0n) is 19.8. The summed E-state index contributed by atoms with van der Waals surface area (Å²) in [6.45, 7) is 4.17. The molecule has 188 valence electrons. The Hall–Kier alpha value is -2.53. The minimum atomic E-state index is -1.47. The van der Waals surface area contributed by atoms with Crippen molar-refractivity contribution in [2.75, 3.05) is 32.5 Å². The number of hydrogen-bond acceptors (Lipinski definition) is 9. The highest BCUT2D eigenvalue weighted by molar-refractivity contribution is 5.76. The molecule has 2 rings (SSSR count). The first-order valence-corrected chi connectivity index (χ1v) is 11.4. The lowest BCUT2D eigenvalue weighted by molar-refractivity contribution is -0.161. The molecule has 0 radical (unpaired) electrons. The molecule has 1 aliphatic heterocycles. The van der Waals surface area contributed by atoms with Crippen LogP contribution in [0.5, 0.6) is 0 Å². The van der Waals surface area contributed by atoms with Crippen LogP contribution in [-0.4, -0.2) is 60.6 Å². The Bertz CT molecular complexity index is 771. The second-order valence-electron chi connectivity index (χ2n) is 7.70. The molecule has 1 fully saturated rings. The van der Waals surface area contributed by atoms with E-state index >= 15 is 0 Å². The minimum absolute atomic E-state index is 0.0226. The number of halogens is 1. The van der Waals surface area contributed by atoms with Crippen molar-refractivity contribution >= 4 is 17.8 Å². The van der Waals surface area contributed by atoms with Crippen molar-refractivity contribution in [3.05, 3.63) is 22.7 Å². The Balaban J connectivity index is 0.000000675. The van der Waals surface area contributed by atoms with Gasteiger partial charge in [0.1, 0.15) is 18.6 Å². The maximum Gasteiger partial charge on any atom is 0.351 e. The zero-order chi connectivity index (χ0) is 24.6.